The van der Waals surface area contributed by atoms with Crippen molar-refractivity contribution in [2.45, 2.75) is 24.9 Å². The number of benzene rings is 1. The second-order valence-corrected chi connectivity index (χ2v) is 7.55. The summed E-state index contributed by atoms with van der Waals surface area (Å²) in [5.74, 6) is 0.866. The number of nitrogens with one attached hydrogen (secondary N) is 1. The Morgan fingerprint density at radius 3 is 2.74 bits per heavy atom. The summed E-state index contributed by atoms with van der Waals surface area (Å²) in [7, 11) is 1.80. The number of aromatic nitrogens is 8. The van der Waals surface area contributed by atoms with Gasteiger partial charge >= 0.3 is 0 Å². The average Bonchev–Trinajstić information content (AvgIpc) is 3.49. The number of anilines is 1. The van der Waals surface area contributed by atoms with E-state index in [4.69, 9.17) is 0 Å². The molecule has 4 aromatic heterocycles. The highest BCUT2D eigenvalue weighted by molar-refractivity contribution is 5.89. The van der Waals surface area contributed by atoms with Gasteiger partial charge in [-0.2, -0.15) is 10.2 Å². The zero-order valence-corrected chi connectivity index (χ0v) is 16.4. The van der Waals surface area contributed by atoms with Crippen LogP contribution in [0.1, 0.15) is 24.1 Å². The Morgan fingerprint density at radius 2 is 1.94 bits per heavy atom. The van der Waals surface area contributed by atoms with E-state index in [0.29, 0.717) is 28.5 Å². The van der Waals surface area contributed by atoms with Crippen LogP contribution in [0, 0.1) is 0 Å². The molecule has 1 aliphatic heterocycles. The molecule has 11 heteroatoms. The summed E-state index contributed by atoms with van der Waals surface area (Å²) in [5.41, 5.74) is 2.78. The molecule has 0 saturated carbocycles. The van der Waals surface area contributed by atoms with Gasteiger partial charge in [-0.3, -0.25) is 4.68 Å². The van der Waals surface area contributed by atoms with Gasteiger partial charge in [0, 0.05) is 7.05 Å². The van der Waals surface area contributed by atoms with E-state index in [-0.39, 0.29) is 12.5 Å². The van der Waals surface area contributed by atoms with Gasteiger partial charge in [0.2, 0.25) is 0 Å². The van der Waals surface area contributed by atoms with Crippen molar-refractivity contribution in [1.29, 1.82) is 0 Å². The van der Waals surface area contributed by atoms with Crippen LogP contribution in [0.5, 0.6) is 0 Å². The Morgan fingerprint density at radius 1 is 1.10 bits per heavy atom. The van der Waals surface area contributed by atoms with Crippen molar-refractivity contribution in [3.05, 3.63) is 54.6 Å². The lowest BCUT2D eigenvalue weighted by Gasteiger charge is -2.32. The average molecular weight is 421 g/mol. The molecular weight excluding hydrogens is 404 g/mol. The van der Waals surface area contributed by atoms with E-state index >= 15 is 0 Å². The van der Waals surface area contributed by atoms with Crippen molar-refractivity contribution in [2.75, 3.05) is 5.32 Å². The van der Waals surface area contributed by atoms with Crippen molar-refractivity contribution in [2.24, 2.45) is 7.05 Å². The minimum Gasteiger partial charge on any atom is -0.363 e. The van der Waals surface area contributed by atoms with Gasteiger partial charge in [-0.15, -0.1) is 5.10 Å². The molecule has 0 radical (unpaired) electrons. The van der Waals surface area contributed by atoms with Crippen LogP contribution in [0.25, 0.3) is 28.1 Å². The van der Waals surface area contributed by atoms with Crippen LogP contribution in [0.15, 0.2) is 49.1 Å². The van der Waals surface area contributed by atoms with Crippen LogP contribution in [-0.4, -0.2) is 45.6 Å². The Hall–Kier alpha value is -3.89. The monoisotopic (exact) mass is 421 g/mol. The zero-order chi connectivity index (χ0) is 21.1. The molecular formula is C20H17F2N9. The summed E-state index contributed by atoms with van der Waals surface area (Å²) in [6.45, 7) is 0. The molecule has 31 heavy (non-hydrogen) atoms. The minimum atomic E-state index is -2.55. The summed E-state index contributed by atoms with van der Waals surface area (Å²) in [5, 5.41) is 17.1. The number of fused-ring (bicyclic) bond motifs is 4. The third-order valence-electron chi connectivity index (χ3n) is 5.70. The van der Waals surface area contributed by atoms with E-state index in [0.717, 1.165) is 10.9 Å². The fourth-order valence-electron chi connectivity index (χ4n) is 4.15. The van der Waals surface area contributed by atoms with Gasteiger partial charge in [-0.05, 0) is 12.0 Å². The number of rotatable bonds is 3. The highest BCUT2D eigenvalue weighted by Gasteiger charge is 2.36. The summed E-state index contributed by atoms with van der Waals surface area (Å²) >= 11 is 0. The van der Waals surface area contributed by atoms with E-state index in [2.05, 4.69) is 30.6 Å². The van der Waals surface area contributed by atoms with E-state index in [9.17, 15) is 8.78 Å². The second kappa shape index (κ2) is 6.56. The summed E-state index contributed by atoms with van der Waals surface area (Å²) < 4.78 is 32.4. The molecule has 1 aliphatic rings. The number of aryl methyl sites for hydroxylation is 1. The quantitative estimate of drug-likeness (QED) is 0.481. The van der Waals surface area contributed by atoms with Gasteiger partial charge in [0.15, 0.2) is 17.1 Å². The van der Waals surface area contributed by atoms with Crippen LogP contribution in [0.4, 0.5) is 14.6 Å². The predicted molar refractivity (Wildman–Crippen MR) is 109 cm³/mol. The predicted octanol–water partition coefficient (Wildman–Crippen LogP) is 3.24. The maximum absolute atomic E-state index is 13.9. The molecule has 5 heterocycles. The molecule has 1 N–H and O–H groups in total. The number of alkyl halides is 2. The second-order valence-electron chi connectivity index (χ2n) is 7.55. The number of nitrogens with zero attached hydrogens (tertiary/aromatic N) is 8. The van der Waals surface area contributed by atoms with Crippen molar-refractivity contribution in [3.63, 3.8) is 0 Å². The van der Waals surface area contributed by atoms with Gasteiger partial charge in [0.1, 0.15) is 18.2 Å². The van der Waals surface area contributed by atoms with E-state index in [1.807, 2.05) is 30.3 Å². The maximum Gasteiger partial charge on any atom is 0.260 e. The van der Waals surface area contributed by atoms with Crippen LogP contribution in [0.2, 0.25) is 0 Å². The maximum atomic E-state index is 13.9. The third-order valence-corrected chi connectivity index (χ3v) is 5.70. The molecule has 0 saturated heterocycles. The van der Waals surface area contributed by atoms with Crippen molar-refractivity contribution in [1.82, 2.24) is 39.1 Å². The smallest absolute Gasteiger partial charge is 0.260 e. The molecule has 0 aliphatic carbocycles. The van der Waals surface area contributed by atoms with Gasteiger partial charge in [-0.25, -0.2) is 27.9 Å². The molecule has 6 rings (SSSR count). The molecule has 0 fully saturated rings. The largest absolute Gasteiger partial charge is 0.363 e. The van der Waals surface area contributed by atoms with Crippen molar-refractivity contribution >= 4 is 22.5 Å². The molecule has 2 atom stereocenters. The first kappa shape index (κ1) is 17.9. The lowest BCUT2D eigenvalue weighted by Crippen LogP contribution is -2.31. The summed E-state index contributed by atoms with van der Waals surface area (Å²) in [6.07, 6.45) is 2.46. The standard InChI is InChI=1S/C20H17F2N9/c1-29-18-13(9-24-29)19-27-17(28-30(19)10-23-18)12-8-25-31-15(16(21)22)7-14(26-20(12)31)11-5-3-2-4-6-11/h2-6,8-10,14-16,26H,7H2,1H3/t14-,15+/m0/s1. The molecule has 156 valence electrons. The van der Waals surface area contributed by atoms with Gasteiger partial charge in [-0.1, -0.05) is 30.3 Å². The van der Waals surface area contributed by atoms with Gasteiger partial charge in [0.05, 0.1) is 29.4 Å². The third kappa shape index (κ3) is 2.69. The first-order chi connectivity index (χ1) is 15.1. The van der Waals surface area contributed by atoms with Crippen LogP contribution < -0.4 is 5.32 Å². The first-order valence-corrected chi connectivity index (χ1v) is 9.81. The molecule has 0 spiro atoms. The molecule has 1 aromatic carbocycles. The number of halogens is 2. The summed E-state index contributed by atoms with van der Waals surface area (Å²) in [6, 6.07) is 8.25. The first-order valence-electron chi connectivity index (χ1n) is 9.81. The Kier molecular flexibility index (Phi) is 3.79. The number of hydrogen-bond donors (Lipinski definition) is 1. The lowest BCUT2D eigenvalue weighted by molar-refractivity contribution is 0.0659. The molecule has 0 unspecified atom stereocenters. The summed E-state index contributed by atoms with van der Waals surface area (Å²) in [4.78, 5) is 9.01. The molecule has 0 bridgehead atoms. The van der Waals surface area contributed by atoms with Crippen LogP contribution >= 0.6 is 0 Å². The molecule has 5 aromatic rings. The topological polar surface area (TPSA) is 90.8 Å². The van der Waals surface area contributed by atoms with Gasteiger partial charge < -0.3 is 5.32 Å². The highest BCUT2D eigenvalue weighted by Crippen LogP contribution is 2.41. The van der Waals surface area contributed by atoms with E-state index in [1.165, 1.54) is 10.9 Å². The fraction of sp³-hybridized carbons (Fsp3) is 0.250. The fourth-order valence-corrected chi connectivity index (χ4v) is 4.15. The van der Waals surface area contributed by atoms with E-state index < -0.39 is 12.5 Å². The van der Waals surface area contributed by atoms with Crippen molar-refractivity contribution < 1.29 is 8.78 Å². The Bertz CT molecular complexity index is 1400. The molecule has 9 nitrogen and oxygen atoms in total. The number of hydrogen-bond acceptors (Lipinski definition) is 6. The Labute approximate surface area is 174 Å². The minimum absolute atomic E-state index is 0.231. The van der Waals surface area contributed by atoms with Crippen LogP contribution in [-0.2, 0) is 7.05 Å². The Balaban J connectivity index is 1.49. The SMILES string of the molecule is Cn1ncc2c1ncn1nc(-c3cnn4c3N[C@H](c3ccccc3)C[C@@H]4C(F)F)nc21. The lowest BCUT2D eigenvalue weighted by atomic mass is 9.97. The van der Waals surface area contributed by atoms with E-state index in [1.54, 1.807) is 28.8 Å². The van der Waals surface area contributed by atoms with Crippen molar-refractivity contribution in [3.8, 4) is 11.4 Å². The highest BCUT2D eigenvalue weighted by atomic mass is 19.3. The molecule has 0 amide bonds. The van der Waals surface area contributed by atoms with Gasteiger partial charge in [0.25, 0.3) is 6.43 Å². The van der Waals surface area contributed by atoms with Crippen LogP contribution in [0.3, 0.4) is 0 Å². The zero-order valence-electron chi connectivity index (χ0n) is 16.4. The normalized spacial score (nSPS) is 18.6.